The second-order valence-electron chi connectivity index (χ2n) is 3.89. The normalized spacial score (nSPS) is 12.7. The molecule has 1 heterocycles. The monoisotopic (exact) mass is 347 g/mol. The van der Waals surface area contributed by atoms with Crippen LogP contribution in [-0.4, -0.2) is 7.05 Å². The maximum atomic E-state index is 13.9. The van der Waals surface area contributed by atoms with Crippen molar-refractivity contribution in [2.75, 3.05) is 7.05 Å². The van der Waals surface area contributed by atoms with E-state index in [0.29, 0.717) is 12.0 Å². The average Bonchev–Trinajstić information content (AvgIpc) is 2.73. The van der Waals surface area contributed by atoms with E-state index in [9.17, 15) is 4.39 Å². The van der Waals surface area contributed by atoms with E-state index in [-0.39, 0.29) is 11.9 Å². The molecule has 0 saturated heterocycles. The van der Waals surface area contributed by atoms with Crippen LogP contribution in [0.2, 0.25) is 4.34 Å². The summed E-state index contributed by atoms with van der Waals surface area (Å²) in [6.07, 6.45) is 0.716. The van der Waals surface area contributed by atoms with Crippen LogP contribution in [-0.2, 0) is 6.42 Å². The molecule has 1 unspecified atom stereocenters. The fourth-order valence-corrected chi connectivity index (χ4v) is 3.61. The summed E-state index contributed by atoms with van der Waals surface area (Å²) < 4.78 is 15.4. The van der Waals surface area contributed by atoms with Gasteiger partial charge in [-0.2, -0.15) is 0 Å². The number of rotatable bonds is 4. The van der Waals surface area contributed by atoms with Gasteiger partial charge in [0.1, 0.15) is 5.82 Å². The first kappa shape index (κ1) is 14.0. The number of nitrogens with one attached hydrogen (secondary N) is 1. The van der Waals surface area contributed by atoms with E-state index in [4.69, 9.17) is 11.6 Å². The third-order valence-corrected chi connectivity index (χ3v) is 4.68. The van der Waals surface area contributed by atoms with Crippen LogP contribution in [0, 0.1) is 5.82 Å². The topological polar surface area (TPSA) is 12.0 Å². The van der Waals surface area contributed by atoms with Gasteiger partial charge in [-0.15, -0.1) is 11.3 Å². The van der Waals surface area contributed by atoms with Crippen molar-refractivity contribution in [1.82, 2.24) is 5.32 Å². The van der Waals surface area contributed by atoms with Gasteiger partial charge in [-0.1, -0.05) is 33.6 Å². The molecule has 1 N–H and O–H groups in total. The van der Waals surface area contributed by atoms with Crippen LogP contribution in [0.25, 0.3) is 0 Å². The summed E-state index contributed by atoms with van der Waals surface area (Å²) in [5, 5.41) is 3.15. The number of thiophene rings is 1. The standard InChI is InChI=1S/C13H12BrClFNS/c1-17-11(7-8-5-6-12(15)18-8)13-9(14)3-2-4-10(13)16/h2-6,11,17H,7H2,1H3. The Labute approximate surface area is 123 Å². The van der Waals surface area contributed by atoms with Gasteiger partial charge in [-0.25, -0.2) is 4.39 Å². The van der Waals surface area contributed by atoms with Gasteiger partial charge < -0.3 is 5.32 Å². The van der Waals surface area contributed by atoms with E-state index < -0.39 is 0 Å². The Balaban J connectivity index is 2.28. The Bertz CT molecular complexity index is 523. The molecule has 0 bridgehead atoms. The SMILES string of the molecule is CNC(Cc1ccc(Cl)s1)c1c(F)cccc1Br. The maximum absolute atomic E-state index is 13.9. The summed E-state index contributed by atoms with van der Waals surface area (Å²) in [5.41, 5.74) is 0.657. The molecule has 0 spiro atoms. The highest BCUT2D eigenvalue weighted by Gasteiger charge is 2.18. The zero-order valence-corrected chi connectivity index (χ0v) is 12.9. The molecule has 1 nitrogen and oxygen atoms in total. The van der Waals surface area contributed by atoms with E-state index in [1.807, 2.05) is 25.2 Å². The summed E-state index contributed by atoms with van der Waals surface area (Å²) in [7, 11) is 1.83. The molecule has 1 aromatic carbocycles. The average molecular weight is 349 g/mol. The van der Waals surface area contributed by atoms with Crippen LogP contribution >= 0.6 is 38.9 Å². The van der Waals surface area contributed by atoms with Crippen molar-refractivity contribution in [3.63, 3.8) is 0 Å². The molecule has 0 aliphatic carbocycles. The van der Waals surface area contributed by atoms with Crippen molar-refractivity contribution in [1.29, 1.82) is 0 Å². The molecule has 96 valence electrons. The number of hydrogen-bond acceptors (Lipinski definition) is 2. The molecule has 0 saturated carbocycles. The van der Waals surface area contributed by atoms with E-state index in [0.717, 1.165) is 13.7 Å². The maximum Gasteiger partial charge on any atom is 0.129 e. The van der Waals surface area contributed by atoms with Gasteiger partial charge in [0.15, 0.2) is 0 Å². The number of halogens is 3. The van der Waals surface area contributed by atoms with Gasteiger partial charge in [0, 0.05) is 27.4 Å². The van der Waals surface area contributed by atoms with Gasteiger partial charge in [0.05, 0.1) is 4.34 Å². The summed E-state index contributed by atoms with van der Waals surface area (Å²) in [6, 6.07) is 8.79. The Morgan fingerprint density at radius 1 is 1.39 bits per heavy atom. The lowest BCUT2D eigenvalue weighted by atomic mass is 10.0. The quantitative estimate of drug-likeness (QED) is 0.836. The highest BCUT2D eigenvalue weighted by atomic mass is 79.9. The third kappa shape index (κ3) is 3.12. The van der Waals surface area contributed by atoms with Crippen molar-refractivity contribution >= 4 is 38.9 Å². The lowest BCUT2D eigenvalue weighted by Gasteiger charge is -2.18. The van der Waals surface area contributed by atoms with E-state index in [2.05, 4.69) is 21.2 Å². The minimum absolute atomic E-state index is 0.0738. The minimum Gasteiger partial charge on any atom is -0.313 e. The second kappa shape index (κ2) is 6.15. The smallest absolute Gasteiger partial charge is 0.129 e. The van der Waals surface area contributed by atoms with Crippen molar-refractivity contribution in [2.45, 2.75) is 12.5 Å². The van der Waals surface area contributed by atoms with Crippen LogP contribution in [0.15, 0.2) is 34.8 Å². The molecule has 0 aliphatic rings. The lowest BCUT2D eigenvalue weighted by molar-refractivity contribution is 0.534. The Morgan fingerprint density at radius 3 is 2.72 bits per heavy atom. The highest BCUT2D eigenvalue weighted by molar-refractivity contribution is 9.10. The molecule has 0 aliphatic heterocycles. The molecule has 1 aromatic heterocycles. The zero-order chi connectivity index (χ0) is 13.1. The lowest BCUT2D eigenvalue weighted by Crippen LogP contribution is -2.20. The Morgan fingerprint density at radius 2 is 2.17 bits per heavy atom. The van der Waals surface area contributed by atoms with Crippen molar-refractivity contribution in [3.8, 4) is 0 Å². The van der Waals surface area contributed by atoms with Crippen LogP contribution in [0.3, 0.4) is 0 Å². The minimum atomic E-state index is -0.202. The zero-order valence-electron chi connectivity index (χ0n) is 9.71. The first-order valence-electron chi connectivity index (χ1n) is 5.47. The molecule has 5 heteroatoms. The molecule has 1 atom stereocenters. The van der Waals surface area contributed by atoms with Crippen LogP contribution in [0.4, 0.5) is 4.39 Å². The van der Waals surface area contributed by atoms with Gasteiger partial charge in [-0.05, 0) is 31.3 Å². The molecule has 18 heavy (non-hydrogen) atoms. The first-order valence-corrected chi connectivity index (χ1v) is 7.46. The molecule has 0 radical (unpaired) electrons. The van der Waals surface area contributed by atoms with Crippen molar-refractivity contribution in [3.05, 3.63) is 55.4 Å². The summed E-state index contributed by atoms with van der Waals surface area (Å²) in [5.74, 6) is -0.202. The number of likely N-dealkylation sites (N-methyl/N-ethyl adjacent to an activating group) is 1. The predicted molar refractivity (Wildman–Crippen MR) is 78.9 cm³/mol. The van der Waals surface area contributed by atoms with E-state index in [1.165, 1.54) is 17.4 Å². The summed E-state index contributed by atoms with van der Waals surface area (Å²) >= 11 is 10.8. The van der Waals surface area contributed by atoms with Gasteiger partial charge >= 0.3 is 0 Å². The predicted octanol–water partition coefficient (Wildman–Crippen LogP) is 4.81. The van der Waals surface area contributed by atoms with E-state index >= 15 is 0 Å². The second-order valence-corrected chi connectivity index (χ2v) is 6.54. The fourth-order valence-electron chi connectivity index (χ4n) is 1.85. The van der Waals surface area contributed by atoms with Gasteiger partial charge in [-0.3, -0.25) is 0 Å². The third-order valence-electron chi connectivity index (χ3n) is 2.73. The number of benzene rings is 1. The van der Waals surface area contributed by atoms with Crippen molar-refractivity contribution in [2.24, 2.45) is 0 Å². The molecular formula is C13H12BrClFNS. The number of hydrogen-bond donors (Lipinski definition) is 1. The fraction of sp³-hybridized carbons (Fsp3) is 0.231. The van der Waals surface area contributed by atoms with Crippen LogP contribution in [0.1, 0.15) is 16.5 Å². The highest BCUT2D eigenvalue weighted by Crippen LogP contribution is 2.31. The van der Waals surface area contributed by atoms with E-state index in [1.54, 1.807) is 6.07 Å². The van der Waals surface area contributed by atoms with Crippen LogP contribution < -0.4 is 5.32 Å². The largest absolute Gasteiger partial charge is 0.313 e. The van der Waals surface area contributed by atoms with Gasteiger partial charge in [0.25, 0.3) is 0 Å². The summed E-state index contributed by atoms with van der Waals surface area (Å²) in [4.78, 5) is 1.13. The molecule has 2 rings (SSSR count). The molecule has 2 aromatic rings. The first-order chi connectivity index (χ1) is 8.61. The molecular weight excluding hydrogens is 337 g/mol. The molecule has 0 fully saturated rings. The van der Waals surface area contributed by atoms with Gasteiger partial charge in [0.2, 0.25) is 0 Å². The van der Waals surface area contributed by atoms with Crippen LogP contribution in [0.5, 0.6) is 0 Å². The molecule has 0 amide bonds. The Hall–Kier alpha value is -0.420. The van der Waals surface area contributed by atoms with Crippen molar-refractivity contribution < 1.29 is 4.39 Å². The summed E-state index contributed by atoms with van der Waals surface area (Å²) in [6.45, 7) is 0. The Kier molecular flexibility index (Phi) is 4.78.